The van der Waals surface area contributed by atoms with Crippen LogP contribution in [0.25, 0.3) is 0 Å². The van der Waals surface area contributed by atoms with Crippen LogP contribution < -0.4 is 4.90 Å². The van der Waals surface area contributed by atoms with E-state index in [-0.39, 0.29) is 36.9 Å². The van der Waals surface area contributed by atoms with Crippen molar-refractivity contribution >= 4 is 29.8 Å². The van der Waals surface area contributed by atoms with Crippen LogP contribution in [-0.4, -0.2) is 48.7 Å². The van der Waals surface area contributed by atoms with Gasteiger partial charge in [0.25, 0.3) is 0 Å². The van der Waals surface area contributed by atoms with Gasteiger partial charge in [-0.15, -0.1) is 0 Å². The van der Waals surface area contributed by atoms with E-state index in [9.17, 15) is 23.6 Å². The van der Waals surface area contributed by atoms with E-state index < -0.39 is 29.4 Å². The summed E-state index contributed by atoms with van der Waals surface area (Å²) in [5.74, 6) is -2.41. The van der Waals surface area contributed by atoms with E-state index in [4.69, 9.17) is 18.9 Å². The summed E-state index contributed by atoms with van der Waals surface area (Å²) >= 11 is 0. The Morgan fingerprint density at radius 3 is 2.12 bits per heavy atom. The van der Waals surface area contributed by atoms with Crippen molar-refractivity contribution in [3.63, 3.8) is 0 Å². The van der Waals surface area contributed by atoms with E-state index in [0.29, 0.717) is 44.1 Å². The number of ether oxygens (including phenoxy) is 4. The van der Waals surface area contributed by atoms with Gasteiger partial charge in [0.1, 0.15) is 18.2 Å². The molecule has 10 heteroatoms. The van der Waals surface area contributed by atoms with Gasteiger partial charge in [-0.05, 0) is 92.5 Å². The molecular formula is C39H44FNO8. The number of amides is 1. The zero-order chi connectivity index (χ0) is 35.2. The minimum atomic E-state index is -0.886. The number of carbonyl (C=O) groups is 4. The number of hydrogen-bond acceptors (Lipinski definition) is 8. The van der Waals surface area contributed by atoms with E-state index in [1.807, 2.05) is 62.4 Å². The van der Waals surface area contributed by atoms with Gasteiger partial charge in [-0.1, -0.05) is 48.5 Å². The van der Waals surface area contributed by atoms with Gasteiger partial charge in [0, 0.05) is 26.0 Å². The lowest BCUT2D eigenvalue weighted by Gasteiger charge is -2.48. The molecule has 260 valence electrons. The zero-order valence-electron chi connectivity index (χ0n) is 28.5. The maximum absolute atomic E-state index is 13.8. The van der Waals surface area contributed by atoms with Crippen LogP contribution in [0.2, 0.25) is 0 Å². The van der Waals surface area contributed by atoms with Crippen molar-refractivity contribution in [3.05, 3.63) is 101 Å². The number of aldehydes is 1. The fraction of sp³-hybridized carbons (Fsp3) is 0.436. The third kappa shape index (κ3) is 8.99. The molecule has 3 aromatic carbocycles. The zero-order valence-corrected chi connectivity index (χ0v) is 28.5. The minimum Gasteiger partial charge on any atom is -0.458 e. The summed E-state index contributed by atoms with van der Waals surface area (Å²) in [6.07, 6.45) is 3.27. The molecule has 0 radical (unpaired) electrons. The lowest BCUT2D eigenvalue weighted by molar-refractivity contribution is -0.305. The molecule has 2 saturated heterocycles. The van der Waals surface area contributed by atoms with Crippen LogP contribution in [0.5, 0.6) is 0 Å². The van der Waals surface area contributed by atoms with Crippen LogP contribution in [0.1, 0.15) is 87.8 Å². The van der Waals surface area contributed by atoms with Gasteiger partial charge in [0.15, 0.2) is 11.4 Å². The number of β-lactam (4-membered cyclic amide) rings is 1. The molecule has 0 aromatic heterocycles. The molecule has 9 nitrogen and oxygen atoms in total. The number of benzene rings is 3. The van der Waals surface area contributed by atoms with Crippen LogP contribution >= 0.6 is 0 Å². The molecule has 0 N–H and O–H groups in total. The molecule has 5 rings (SSSR count). The number of carbonyl (C=O) groups excluding carboxylic acids is 4. The summed E-state index contributed by atoms with van der Waals surface area (Å²) in [5, 5.41) is 0. The van der Waals surface area contributed by atoms with E-state index >= 15 is 0 Å². The Hall–Kier alpha value is -4.41. The summed E-state index contributed by atoms with van der Waals surface area (Å²) in [4.78, 5) is 50.3. The van der Waals surface area contributed by atoms with Gasteiger partial charge in [0.05, 0.1) is 25.2 Å². The molecule has 2 aliphatic rings. The number of hydrogen-bond donors (Lipinski definition) is 0. The molecule has 2 fully saturated rings. The topological polar surface area (TPSA) is 108 Å². The fourth-order valence-corrected chi connectivity index (χ4v) is 6.56. The van der Waals surface area contributed by atoms with Crippen molar-refractivity contribution in [2.24, 2.45) is 5.92 Å². The minimum absolute atomic E-state index is 0.0426. The number of halogens is 1. The first kappa shape index (κ1) is 35.9. The van der Waals surface area contributed by atoms with E-state index in [0.717, 1.165) is 28.7 Å². The molecule has 2 aliphatic heterocycles. The van der Waals surface area contributed by atoms with Crippen LogP contribution in [0.3, 0.4) is 0 Å². The largest absolute Gasteiger partial charge is 0.458 e. The Morgan fingerprint density at radius 1 is 0.918 bits per heavy atom. The predicted octanol–water partition coefficient (Wildman–Crippen LogP) is 6.76. The Kier molecular flexibility index (Phi) is 11.3. The molecule has 0 bridgehead atoms. The third-order valence-electron chi connectivity index (χ3n) is 9.19. The van der Waals surface area contributed by atoms with Gasteiger partial charge >= 0.3 is 11.9 Å². The average Bonchev–Trinajstić information content (AvgIpc) is 3.07. The van der Waals surface area contributed by atoms with Gasteiger partial charge in [0.2, 0.25) is 5.91 Å². The molecule has 3 atom stereocenters. The Morgan fingerprint density at radius 2 is 1.53 bits per heavy atom. The van der Waals surface area contributed by atoms with Crippen LogP contribution in [0, 0.1) is 11.7 Å². The van der Waals surface area contributed by atoms with Gasteiger partial charge in [-0.2, -0.15) is 0 Å². The lowest BCUT2D eigenvalue weighted by Crippen LogP contribution is -2.55. The van der Waals surface area contributed by atoms with E-state index in [2.05, 4.69) is 0 Å². The summed E-state index contributed by atoms with van der Waals surface area (Å²) in [6.45, 7) is 6.83. The summed E-state index contributed by atoms with van der Waals surface area (Å²) < 4.78 is 36.6. The van der Waals surface area contributed by atoms with Gasteiger partial charge in [-0.25, -0.2) is 4.39 Å². The number of esters is 2. The average molecular weight is 674 g/mol. The second kappa shape index (κ2) is 15.4. The SMILES string of the molecule is CC(=O)O[C@@H](CC[C@H]1C(=O)N(c2ccc(CCC=O)cc2)[C@@H]1c1ccc(CCC2(OC(C)=O)COC(C)(C)OC2)cc1)c1ccc(F)cc1. The molecule has 1 amide bonds. The van der Waals surface area contributed by atoms with Crippen molar-refractivity contribution in [2.45, 2.75) is 89.8 Å². The molecule has 0 spiro atoms. The normalized spacial score (nSPS) is 20.2. The molecule has 2 heterocycles. The molecule has 0 aliphatic carbocycles. The van der Waals surface area contributed by atoms with Gasteiger partial charge in [-0.3, -0.25) is 14.4 Å². The summed E-state index contributed by atoms with van der Waals surface area (Å²) in [6, 6.07) is 21.3. The quantitative estimate of drug-likeness (QED) is 0.105. The predicted molar refractivity (Wildman–Crippen MR) is 180 cm³/mol. The Labute approximate surface area is 286 Å². The first-order chi connectivity index (χ1) is 23.4. The molecule has 49 heavy (non-hydrogen) atoms. The van der Waals surface area contributed by atoms with Crippen LogP contribution in [0.15, 0.2) is 72.8 Å². The highest BCUT2D eigenvalue weighted by atomic mass is 19.1. The highest BCUT2D eigenvalue weighted by Gasteiger charge is 2.49. The molecular weight excluding hydrogens is 629 g/mol. The van der Waals surface area contributed by atoms with Crippen molar-refractivity contribution in [1.29, 1.82) is 0 Å². The van der Waals surface area contributed by atoms with Crippen LogP contribution in [0.4, 0.5) is 10.1 Å². The van der Waals surface area contributed by atoms with Crippen molar-refractivity contribution in [2.75, 3.05) is 18.1 Å². The Balaban J connectivity index is 1.35. The maximum Gasteiger partial charge on any atom is 0.303 e. The molecule has 3 aromatic rings. The first-order valence-electron chi connectivity index (χ1n) is 16.7. The fourth-order valence-electron chi connectivity index (χ4n) is 6.56. The number of nitrogens with zero attached hydrogens (tertiary/aromatic N) is 1. The highest BCUT2D eigenvalue weighted by Crippen LogP contribution is 2.47. The number of anilines is 1. The second-order valence-electron chi connectivity index (χ2n) is 13.4. The van der Waals surface area contributed by atoms with Crippen molar-refractivity contribution in [1.82, 2.24) is 0 Å². The monoisotopic (exact) mass is 673 g/mol. The summed E-state index contributed by atoms with van der Waals surface area (Å²) in [5.41, 5.74) is 3.52. The van der Waals surface area contributed by atoms with Crippen molar-refractivity contribution < 1.29 is 42.5 Å². The summed E-state index contributed by atoms with van der Waals surface area (Å²) in [7, 11) is 0. The molecule has 0 unspecified atom stereocenters. The maximum atomic E-state index is 13.8. The standard InChI is InChI=1S/C39H44FNO8/c1-26(43)48-35(30-13-15-32(40)16-14-30)20-19-34-36(41(37(34)45)33-17-9-28(10-18-33)6-5-23-42)31-11-7-29(8-12-31)21-22-39(49-27(2)44)24-46-38(3,4)47-25-39/h7-18,23,34-36H,5-6,19-22,24-25H2,1-4H3/t34-,35+,36-/m1/s1. The second-order valence-corrected chi connectivity index (χ2v) is 13.4. The number of aryl methyl sites for hydroxylation is 2. The Bertz CT molecular complexity index is 1610. The first-order valence-corrected chi connectivity index (χ1v) is 16.7. The van der Waals surface area contributed by atoms with Gasteiger partial charge < -0.3 is 28.6 Å². The lowest BCUT2D eigenvalue weighted by atomic mass is 9.78. The number of rotatable bonds is 14. The van der Waals surface area contributed by atoms with E-state index in [1.54, 1.807) is 17.0 Å². The molecule has 0 saturated carbocycles. The van der Waals surface area contributed by atoms with Crippen molar-refractivity contribution in [3.8, 4) is 0 Å². The van der Waals surface area contributed by atoms with Crippen LogP contribution in [-0.2, 0) is 51.0 Å². The smallest absolute Gasteiger partial charge is 0.303 e. The third-order valence-corrected chi connectivity index (χ3v) is 9.19. The highest BCUT2D eigenvalue weighted by molar-refractivity contribution is 6.03. The van der Waals surface area contributed by atoms with E-state index in [1.165, 1.54) is 26.0 Å².